The standard InChI is InChI=1S/C15H19N3O2/c1-9-4-6-12(7-5-9)14(16)15(19)17-8-13-10(2)18-11(3)20-13/h4-7,14H,8,16H2,1-3H3,(H,17,19). The molecule has 20 heavy (non-hydrogen) atoms. The Balaban J connectivity index is 1.98. The van der Waals surface area contributed by atoms with Crippen molar-refractivity contribution in [1.29, 1.82) is 0 Å². The average molecular weight is 273 g/mol. The van der Waals surface area contributed by atoms with Crippen LogP contribution in [0.5, 0.6) is 0 Å². The number of hydrogen-bond donors (Lipinski definition) is 2. The van der Waals surface area contributed by atoms with Gasteiger partial charge in [0.1, 0.15) is 11.8 Å². The lowest BCUT2D eigenvalue weighted by Gasteiger charge is -2.12. The van der Waals surface area contributed by atoms with Gasteiger partial charge in [0.2, 0.25) is 5.91 Å². The fourth-order valence-corrected chi connectivity index (χ4v) is 1.94. The lowest BCUT2D eigenvalue weighted by Crippen LogP contribution is -2.33. The summed E-state index contributed by atoms with van der Waals surface area (Å²) in [5.74, 6) is 1.02. The monoisotopic (exact) mass is 273 g/mol. The maximum atomic E-state index is 12.0. The van der Waals surface area contributed by atoms with Crippen LogP contribution in [0, 0.1) is 20.8 Å². The van der Waals surface area contributed by atoms with E-state index in [2.05, 4.69) is 10.3 Å². The van der Waals surface area contributed by atoms with Crippen LogP contribution in [0.25, 0.3) is 0 Å². The lowest BCUT2D eigenvalue weighted by atomic mass is 10.1. The van der Waals surface area contributed by atoms with E-state index in [0.29, 0.717) is 18.2 Å². The lowest BCUT2D eigenvalue weighted by molar-refractivity contribution is -0.122. The molecule has 5 heteroatoms. The minimum atomic E-state index is -0.681. The Morgan fingerprint density at radius 3 is 2.50 bits per heavy atom. The van der Waals surface area contributed by atoms with Gasteiger partial charge in [-0.15, -0.1) is 0 Å². The summed E-state index contributed by atoms with van der Waals surface area (Å²) in [6, 6.07) is 6.92. The number of aryl methyl sites for hydroxylation is 3. The molecule has 3 N–H and O–H groups in total. The van der Waals surface area contributed by atoms with Crippen molar-refractivity contribution >= 4 is 5.91 Å². The van der Waals surface area contributed by atoms with E-state index >= 15 is 0 Å². The van der Waals surface area contributed by atoms with Gasteiger partial charge in [0, 0.05) is 6.92 Å². The van der Waals surface area contributed by atoms with Crippen LogP contribution in [0.4, 0.5) is 0 Å². The van der Waals surface area contributed by atoms with Crippen LogP contribution < -0.4 is 11.1 Å². The minimum Gasteiger partial charge on any atom is -0.444 e. The second kappa shape index (κ2) is 5.88. The molecular formula is C15H19N3O2. The first-order valence-electron chi connectivity index (χ1n) is 6.50. The number of rotatable bonds is 4. The van der Waals surface area contributed by atoms with Crippen molar-refractivity contribution in [1.82, 2.24) is 10.3 Å². The Hall–Kier alpha value is -2.14. The van der Waals surface area contributed by atoms with Gasteiger partial charge in [-0.3, -0.25) is 4.79 Å². The van der Waals surface area contributed by atoms with E-state index in [1.807, 2.05) is 38.1 Å². The largest absolute Gasteiger partial charge is 0.444 e. The summed E-state index contributed by atoms with van der Waals surface area (Å²) in [7, 11) is 0. The predicted octanol–water partition coefficient (Wildman–Crippen LogP) is 1.92. The molecule has 0 bridgehead atoms. The first kappa shape index (κ1) is 14.3. The number of carbonyl (C=O) groups excluding carboxylic acids is 1. The number of nitrogens with zero attached hydrogens (tertiary/aromatic N) is 1. The van der Waals surface area contributed by atoms with Crippen molar-refractivity contribution in [3.8, 4) is 0 Å². The summed E-state index contributed by atoms with van der Waals surface area (Å²) in [5.41, 5.74) is 8.65. The second-order valence-electron chi connectivity index (χ2n) is 4.85. The fourth-order valence-electron chi connectivity index (χ4n) is 1.94. The third kappa shape index (κ3) is 3.24. The topological polar surface area (TPSA) is 81.2 Å². The number of benzene rings is 1. The third-order valence-corrected chi connectivity index (χ3v) is 3.14. The van der Waals surface area contributed by atoms with Gasteiger partial charge in [-0.1, -0.05) is 29.8 Å². The van der Waals surface area contributed by atoms with Crippen LogP contribution in [0.2, 0.25) is 0 Å². The Bertz CT molecular complexity index is 602. The SMILES string of the molecule is Cc1ccc(C(N)C(=O)NCc2oc(C)nc2C)cc1. The van der Waals surface area contributed by atoms with E-state index in [1.165, 1.54) is 0 Å². The van der Waals surface area contributed by atoms with Gasteiger partial charge < -0.3 is 15.5 Å². The Labute approximate surface area is 118 Å². The molecule has 1 aromatic heterocycles. The molecule has 1 atom stereocenters. The average Bonchev–Trinajstić information content (AvgIpc) is 2.74. The first-order chi connectivity index (χ1) is 9.47. The molecule has 0 saturated heterocycles. The number of nitrogens with one attached hydrogen (secondary N) is 1. The summed E-state index contributed by atoms with van der Waals surface area (Å²) in [5, 5.41) is 2.77. The number of hydrogen-bond acceptors (Lipinski definition) is 4. The maximum absolute atomic E-state index is 12.0. The highest BCUT2D eigenvalue weighted by Crippen LogP contribution is 2.13. The molecule has 0 fully saturated rings. The van der Waals surface area contributed by atoms with Crippen LogP contribution in [-0.2, 0) is 11.3 Å². The van der Waals surface area contributed by atoms with Crippen molar-refractivity contribution in [2.24, 2.45) is 5.73 Å². The molecule has 2 aromatic rings. The molecule has 1 amide bonds. The van der Waals surface area contributed by atoms with Crippen LogP contribution in [0.1, 0.15) is 34.5 Å². The van der Waals surface area contributed by atoms with Crippen molar-refractivity contribution in [3.63, 3.8) is 0 Å². The highest BCUT2D eigenvalue weighted by molar-refractivity contribution is 5.82. The summed E-state index contributed by atoms with van der Waals surface area (Å²) in [6.07, 6.45) is 0. The van der Waals surface area contributed by atoms with Gasteiger partial charge in [0.15, 0.2) is 5.89 Å². The third-order valence-electron chi connectivity index (χ3n) is 3.14. The molecule has 0 saturated carbocycles. The molecule has 5 nitrogen and oxygen atoms in total. The van der Waals surface area contributed by atoms with Crippen molar-refractivity contribution < 1.29 is 9.21 Å². The fraction of sp³-hybridized carbons (Fsp3) is 0.333. The molecule has 1 unspecified atom stereocenters. The number of amides is 1. The highest BCUT2D eigenvalue weighted by atomic mass is 16.4. The summed E-state index contributed by atoms with van der Waals surface area (Å²) < 4.78 is 5.40. The number of nitrogens with two attached hydrogens (primary N) is 1. The van der Waals surface area contributed by atoms with Crippen molar-refractivity contribution in [2.45, 2.75) is 33.4 Å². The van der Waals surface area contributed by atoms with Crippen LogP contribution in [0.3, 0.4) is 0 Å². The molecular weight excluding hydrogens is 254 g/mol. The van der Waals surface area contributed by atoms with E-state index in [4.69, 9.17) is 10.2 Å². The molecule has 0 aliphatic heterocycles. The van der Waals surface area contributed by atoms with Gasteiger partial charge in [0.05, 0.1) is 12.2 Å². The van der Waals surface area contributed by atoms with Crippen LogP contribution >= 0.6 is 0 Å². The molecule has 0 radical (unpaired) electrons. The normalized spacial score (nSPS) is 12.2. The van der Waals surface area contributed by atoms with Gasteiger partial charge in [-0.05, 0) is 19.4 Å². The van der Waals surface area contributed by atoms with Gasteiger partial charge in [0.25, 0.3) is 0 Å². The Morgan fingerprint density at radius 2 is 1.95 bits per heavy atom. The minimum absolute atomic E-state index is 0.234. The number of oxazole rings is 1. The Kier molecular flexibility index (Phi) is 4.20. The second-order valence-corrected chi connectivity index (χ2v) is 4.85. The zero-order chi connectivity index (χ0) is 14.7. The zero-order valence-electron chi connectivity index (χ0n) is 11.9. The number of carbonyl (C=O) groups is 1. The van der Waals surface area contributed by atoms with E-state index < -0.39 is 6.04 Å². The Morgan fingerprint density at radius 1 is 1.30 bits per heavy atom. The molecule has 0 aliphatic rings. The molecule has 2 rings (SSSR count). The van der Waals surface area contributed by atoms with E-state index in [1.54, 1.807) is 6.92 Å². The first-order valence-corrected chi connectivity index (χ1v) is 6.50. The van der Waals surface area contributed by atoms with Crippen LogP contribution in [-0.4, -0.2) is 10.9 Å². The van der Waals surface area contributed by atoms with E-state index in [9.17, 15) is 4.79 Å². The maximum Gasteiger partial charge on any atom is 0.241 e. The summed E-state index contributed by atoms with van der Waals surface area (Å²) in [6.45, 7) is 5.91. The summed E-state index contributed by atoms with van der Waals surface area (Å²) in [4.78, 5) is 16.2. The van der Waals surface area contributed by atoms with Crippen molar-refractivity contribution in [3.05, 3.63) is 52.7 Å². The van der Waals surface area contributed by atoms with E-state index in [0.717, 1.165) is 16.8 Å². The van der Waals surface area contributed by atoms with Gasteiger partial charge >= 0.3 is 0 Å². The molecule has 1 aromatic carbocycles. The highest BCUT2D eigenvalue weighted by Gasteiger charge is 2.16. The van der Waals surface area contributed by atoms with Gasteiger partial charge in [-0.25, -0.2) is 4.98 Å². The smallest absolute Gasteiger partial charge is 0.241 e. The van der Waals surface area contributed by atoms with Gasteiger partial charge in [-0.2, -0.15) is 0 Å². The van der Waals surface area contributed by atoms with Crippen molar-refractivity contribution in [2.75, 3.05) is 0 Å². The molecule has 1 heterocycles. The zero-order valence-corrected chi connectivity index (χ0v) is 11.9. The molecule has 106 valence electrons. The van der Waals surface area contributed by atoms with E-state index in [-0.39, 0.29) is 5.91 Å². The molecule has 0 spiro atoms. The molecule has 0 aliphatic carbocycles. The van der Waals surface area contributed by atoms with Crippen LogP contribution in [0.15, 0.2) is 28.7 Å². The quantitative estimate of drug-likeness (QED) is 0.891. The predicted molar refractivity (Wildman–Crippen MR) is 75.9 cm³/mol. The number of aromatic nitrogens is 1. The summed E-state index contributed by atoms with van der Waals surface area (Å²) >= 11 is 0.